The van der Waals surface area contributed by atoms with Crippen molar-refractivity contribution in [3.8, 4) is 0 Å². The summed E-state index contributed by atoms with van der Waals surface area (Å²) in [6, 6.07) is 2.55. The van der Waals surface area contributed by atoms with Gasteiger partial charge in [0.05, 0.1) is 0 Å². The van der Waals surface area contributed by atoms with Gasteiger partial charge >= 0.3 is 10.2 Å². The number of benzene rings is 1. The summed E-state index contributed by atoms with van der Waals surface area (Å²) in [7, 11) is -9.51. The van der Waals surface area contributed by atoms with E-state index in [-0.39, 0.29) is 5.88 Å². The number of alkyl halides is 1. The van der Waals surface area contributed by atoms with E-state index in [2.05, 4.69) is 0 Å². The lowest BCUT2D eigenvalue weighted by molar-refractivity contribution is 0.364. The van der Waals surface area contributed by atoms with Gasteiger partial charge in [-0.25, -0.2) is 0 Å². The normalized spacial score (nSPS) is 17.3. The third-order valence-corrected chi connectivity index (χ3v) is 2.99. The molecule has 0 amide bonds. The summed E-state index contributed by atoms with van der Waals surface area (Å²) in [5.74, 6) is -0.0133. The van der Waals surface area contributed by atoms with Crippen LogP contribution in [0.1, 0.15) is 5.56 Å². The van der Waals surface area contributed by atoms with Crippen LogP contribution in [-0.2, 0) is 5.88 Å². The first-order valence-corrected chi connectivity index (χ1v) is 5.90. The standard InChI is InChI=1S/C7H6ClF5S/c8-5-6-1-3-7(4-2-6)14(9,10,11,12)13/h1-4H,5H2. The topological polar surface area (TPSA) is 0 Å². The third kappa shape index (κ3) is 2.75. The van der Waals surface area contributed by atoms with Gasteiger partial charge < -0.3 is 0 Å². The third-order valence-electron chi connectivity index (χ3n) is 1.52. The minimum atomic E-state index is -9.51. The summed E-state index contributed by atoms with van der Waals surface area (Å²) in [5.41, 5.74) is 0.359. The fourth-order valence-electron chi connectivity index (χ4n) is 0.836. The largest absolute Gasteiger partial charge is 0.310 e. The van der Waals surface area contributed by atoms with Crippen LogP contribution in [0.3, 0.4) is 0 Å². The smallest absolute Gasteiger partial charge is 0.122 e. The predicted molar refractivity (Wildman–Crippen MR) is 47.4 cm³/mol. The number of hydrogen-bond acceptors (Lipinski definition) is 0. The lowest BCUT2D eigenvalue weighted by Gasteiger charge is -2.40. The molecule has 0 aliphatic carbocycles. The molecule has 14 heavy (non-hydrogen) atoms. The van der Waals surface area contributed by atoms with Gasteiger partial charge in [0, 0.05) is 5.88 Å². The fourth-order valence-corrected chi connectivity index (χ4v) is 1.66. The molecule has 0 fully saturated rings. The van der Waals surface area contributed by atoms with Crippen LogP contribution in [0.25, 0.3) is 0 Å². The molecule has 0 aliphatic heterocycles. The van der Waals surface area contributed by atoms with Crippen LogP contribution in [0.5, 0.6) is 0 Å². The van der Waals surface area contributed by atoms with E-state index < -0.39 is 15.1 Å². The highest BCUT2D eigenvalue weighted by atomic mass is 35.5. The van der Waals surface area contributed by atoms with Crippen LogP contribution < -0.4 is 0 Å². The first-order chi connectivity index (χ1) is 6.03. The van der Waals surface area contributed by atoms with Crippen molar-refractivity contribution in [1.29, 1.82) is 0 Å². The van der Waals surface area contributed by atoms with E-state index in [9.17, 15) is 19.4 Å². The van der Waals surface area contributed by atoms with E-state index in [0.717, 1.165) is 12.1 Å². The fraction of sp³-hybridized carbons (Fsp3) is 0.143. The van der Waals surface area contributed by atoms with Crippen molar-refractivity contribution in [1.82, 2.24) is 0 Å². The van der Waals surface area contributed by atoms with E-state index in [4.69, 9.17) is 11.6 Å². The van der Waals surface area contributed by atoms with Gasteiger partial charge in [0.25, 0.3) is 0 Å². The lowest BCUT2D eigenvalue weighted by atomic mass is 10.2. The molecular formula is C7H6ClF5S. The maximum atomic E-state index is 12.2. The highest BCUT2D eigenvalue weighted by molar-refractivity contribution is 8.45. The molecule has 0 heterocycles. The van der Waals surface area contributed by atoms with Gasteiger partial charge in [-0.15, -0.1) is 11.6 Å². The molecule has 0 atom stereocenters. The Morgan fingerprint density at radius 2 is 1.36 bits per heavy atom. The molecule has 0 nitrogen and oxygen atoms in total. The van der Waals surface area contributed by atoms with Gasteiger partial charge in [-0.1, -0.05) is 31.6 Å². The van der Waals surface area contributed by atoms with Crippen molar-refractivity contribution in [2.45, 2.75) is 10.8 Å². The van der Waals surface area contributed by atoms with Crippen LogP contribution in [0.4, 0.5) is 19.4 Å². The summed E-state index contributed by atoms with van der Waals surface area (Å²) in [6.45, 7) is 0. The van der Waals surface area contributed by atoms with E-state index in [0.29, 0.717) is 17.7 Å². The molecule has 0 unspecified atom stereocenters. The zero-order valence-corrected chi connectivity index (χ0v) is 8.26. The van der Waals surface area contributed by atoms with E-state index in [1.165, 1.54) is 0 Å². The molecule has 0 saturated carbocycles. The average Bonchev–Trinajstić information content (AvgIpc) is 2.01. The average molecular weight is 253 g/mol. The SMILES string of the molecule is FS(F)(F)(F)(F)c1ccc(CCl)cc1. The maximum Gasteiger partial charge on any atom is 0.310 e. The van der Waals surface area contributed by atoms with Crippen LogP contribution in [0.2, 0.25) is 0 Å². The second-order valence-corrected chi connectivity index (χ2v) is 5.42. The van der Waals surface area contributed by atoms with Gasteiger partial charge in [-0.05, 0) is 17.7 Å². The summed E-state index contributed by atoms with van der Waals surface area (Å²) >= 11 is 5.30. The van der Waals surface area contributed by atoms with Crippen molar-refractivity contribution in [3.63, 3.8) is 0 Å². The molecule has 1 aromatic carbocycles. The molecule has 0 N–H and O–H groups in total. The first kappa shape index (κ1) is 11.6. The molecule has 82 valence electrons. The van der Waals surface area contributed by atoms with Crippen LogP contribution in [0.15, 0.2) is 29.2 Å². The van der Waals surface area contributed by atoms with Crippen LogP contribution in [-0.4, -0.2) is 0 Å². The number of rotatable bonds is 2. The lowest BCUT2D eigenvalue weighted by Crippen LogP contribution is -2.05. The van der Waals surface area contributed by atoms with Crippen molar-refractivity contribution in [2.24, 2.45) is 0 Å². The Morgan fingerprint density at radius 1 is 0.929 bits per heavy atom. The highest BCUT2D eigenvalue weighted by Gasteiger charge is 2.65. The van der Waals surface area contributed by atoms with Crippen molar-refractivity contribution < 1.29 is 19.4 Å². The molecule has 0 aromatic heterocycles. The second-order valence-electron chi connectivity index (χ2n) is 2.75. The van der Waals surface area contributed by atoms with Crippen molar-refractivity contribution >= 4 is 21.8 Å². The molecule has 1 aromatic rings. The number of halogens is 6. The minimum absolute atomic E-state index is 0.0133. The number of hydrogen-bond donors (Lipinski definition) is 0. The molecule has 1 rings (SSSR count). The first-order valence-electron chi connectivity index (χ1n) is 3.42. The van der Waals surface area contributed by atoms with E-state index >= 15 is 0 Å². The molecule has 0 saturated heterocycles. The Kier molecular flexibility index (Phi) is 2.11. The van der Waals surface area contributed by atoms with Crippen LogP contribution in [0, 0.1) is 0 Å². The maximum absolute atomic E-state index is 12.2. The van der Waals surface area contributed by atoms with Crippen LogP contribution >= 0.6 is 21.8 Å². The summed E-state index contributed by atoms with van der Waals surface area (Å²) in [5, 5.41) is 0. The molecule has 0 spiro atoms. The van der Waals surface area contributed by atoms with E-state index in [1.807, 2.05) is 0 Å². The molecular weight excluding hydrogens is 247 g/mol. The minimum Gasteiger partial charge on any atom is -0.122 e. The highest BCUT2D eigenvalue weighted by Crippen LogP contribution is 3.02. The Balaban J connectivity index is 3.24. The Hall–Kier alpha value is -0.490. The van der Waals surface area contributed by atoms with Gasteiger partial charge in [-0.3, -0.25) is 0 Å². The predicted octanol–water partition coefficient (Wildman–Crippen LogP) is 5.08. The zero-order chi connectivity index (χ0) is 11.1. The summed E-state index contributed by atoms with van der Waals surface area (Å²) in [6.07, 6.45) is 0. The van der Waals surface area contributed by atoms with Gasteiger partial charge in [0.1, 0.15) is 4.90 Å². The second kappa shape index (κ2) is 2.55. The van der Waals surface area contributed by atoms with Gasteiger partial charge in [0.2, 0.25) is 0 Å². The Bertz CT molecular complexity index is 339. The molecule has 0 aliphatic rings. The van der Waals surface area contributed by atoms with Crippen molar-refractivity contribution in [3.05, 3.63) is 29.8 Å². The van der Waals surface area contributed by atoms with Crippen molar-refractivity contribution in [2.75, 3.05) is 0 Å². The molecule has 0 bridgehead atoms. The molecule has 0 radical (unpaired) electrons. The Labute approximate surface area is 82.4 Å². The Morgan fingerprint density at radius 3 is 1.64 bits per heavy atom. The van der Waals surface area contributed by atoms with E-state index in [1.54, 1.807) is 0 Å². The molecule has 7 heteroatoms. The monoisotopic (exact) mass is 252 g/mol. The van der Waals surface area contributed by atoms with Gasteiger partial charge in [0.15, 0.2) is 0 Å². The van der Waals surface area contributed by atoms with Gasteiger partial charge in [-0.2, -0.15) is 0 Å². The summed E-state index contributed by atoms with van der Waals surface area (Å²) in [4.78, 5) is -1.89. The summed E-state index contributed by atoms with van der Waals surface area (Å²) < 4.78 is 60.8. The quantitative estimate of drug-likeness (QED) is 0.508. The zero-order valence-electron chi connectivity index (χ0n) is 6.69.